The van der Waals surface area contributed by atoms with Crippen molar-refractivity contribution in [2.75, 3.05) is 10.6 Å². The van der Waals surface area contributed by atoms with Crippen molar-refractivity contribution in [2.45, 2.75) is 19.1 Å². The van der Waals surface area contributed by atoms with E-state index in [9.17, 15) is 28.1 Å². The summed E-state index contributed by atoms with van der Waals surface area (Å²) in [5.74, 6) is -0.887. The van der Waals surface area contributed by atoms with Crippen LogP contribution in [0.1, 0.15) is 34.5 Å². The van der Waals surface area contributed by atoms with Gasteiger partial charge in [-0.2, -0.15) is 13.2 Å². The maximum absolute atomic E-state index is 13.1. The Morgan fingerprint density at radius 2 is 1.61 bits per heavy atom. The summed E-state index contributed by atoms with van der Waals surface area (Å²) in [5.41, 5.74) is -0.840. The van der Waals surface area contributed by atoms with Crippen molar-refractivity contribution in [2.24, 2.45) is 0 Å². The number of alkyl halides is 3. The molecular weight excluding hydrogens is 411 g/mol. The second-order valence-electron chi connectivity index (χ2n) is 6.76. The molecule has 0 saturated heterocycles. The first-order valence-electron chi connectivity index (χ1n) is 9.24. The lowest BCUT2D eigenvalue weighted by Gasteiger charge is -2.16. The molecule has 0 fully saturated rings. The van der Waals surface area contributed by atoms with Crippen molar-refractivity contribution < 1.29 is 22.9 Å². The Labute approximate surface area is 175 Å². The number of halogens is 3. The van der Waals surface area contributed by atoms with Crippen LogP contribution in [-0.4, -0.2) is 10.8 Å². The van der Waals surface area contributed by atoms with Crippen LogP contribution in [0.25, 0.3) is 0 Å². The van der Waals surface area contributed by atoms with Crippen molar-refractivity contribution in [3.05, 3.63) is 99.6 Å². The highest BCUT2D eigenvalue weighted by molar-refractivity contribution is 6.05. The number of hydrogen-bond acceptors (Lipinski definition) is 4. The highest BCUT2D eigenvalue weighted by Crippen LogP contribution is 2.35. The lowest BCUT2D eigenvalue weighted by molar-refractivity contribution is -0.384. The van der Waals surface area contributed by atoms with Crippen LogP contribution in [0.5, 0.6) is 0 Å². The van der Waals surface area contributed by atoms with Gasteiger partial charge in [-0.25, -0.2) is 0 Å². The van der Waals surface area contributed by atoms with Gasteiger partial charge in [0.05, 0.1) is 16.2 Å². The molecule has 0 aliphatic rings. The Morgan fingerprint density at radius 1 is 0.968 bits per heavy atom. The molecule has 2 N–H and O–H groups in total. The molecular formula is C22H18F3N3O3. The molecule has 0 saturated carbocycles. The second-order valence-corrected chi connectivity index (χ2v) is 6.76. The van der Waals surface area contributed by atoms with E-state index in [0.717, 1.165) is 23.8 Å². The summed E-state index contributed by atoms with van der Waals surface area (Å²) < 4.78 is 39.4. The Hall–Kier alpha value is -3.88. The average molecular weight is 429 g/mol. The van der Waals surface area contributed by atoms with Gasteiger partial charge in [0.15, 0.2) is 0 Å². The molecule has 9 heteroatoms. The zero-order valence-corrected chi connectivity index (χ0v) is 16.3. The topological polar surface area (TPSA) is 84.3 Å². The van der Waals surface area contributed by atoms with Gasteiger partial charge < -0.3 is 10.6 Å². The number of amides is 1. The molecule has 0 radical (unpaired) electrons. The summed E-state index contributed by atoms with van der Waals surface area (Å²) in [5, 5.41) is 16.8. The largest absolute Gasteiger partial charge is 0.418 e. The number of carbonyl (C=O) groups excluding carboxylic acids is 1. The van der Waals surface area contributed by atoms with Crippen LogP contribution in [0.2, 0.25) is 0 Å². The summed E-state index contributed by atoms with van der Waals surface area (Å²) >= 11 is 0. The molecule has 6 nitrogen and oxygen atoms in total. The average Bonchev–Trinajstić information content (AvgIpc) is 2.74. The van der Waals surface area contributed by atoms with Crippen LogP contribution in [0, 0.1) is 10.1 Å². The molecule has 0 aliphatic heterocycles. The molecule has 0 aliphatic carbocycles. The predicted molar refractivity (Wildman–Crippen MR) is 111 cm³/mol. The minimum atomic E-state index is -4.66. The molecule has 0 aromatic heterocycles. The Balaban J connectivity index is 1.86. The molecule has 3 rings (SSSR count). The fraction of sp³-hybridized carbons (Fsp3) is 0.136. The molecule has 3 aromatic rings. The molecule has 0 heterocycles. The van der Waals surface area contributed by atoms with Crippen LogP contribution in [0.3, 0.4) is 0 Å². The van der Waals surface area contributed by atoms with E-state index >= 15 is 0 Å². The predicted octanol–water partition coefficient (Wildman–Crippen LogP) is 6.04. The van der Waals surface area contributed by atoms with E-state index in [1.165, 1.54) is 24.3 Å². The van der Waals surface area contributed by atoms with Gasteiger partial charge in [-0.05, 0) is 36.8 Å². The van der Waals surface area contributed by atoms with Crippen molar-refractivity contribution in [3.8, 4) is 0 Å². The zero-order valence-electron chi connectivity index (χ0n) is 16.3. The lowest BCUT2D eigenvalue weighted by Crippen LogP contribution is -2.17. The van der Waals surface area contributed by atoms with Crippen LogP contribution in [0.4, 0.5) is 30.2 Å². The molecule has 0 bridgehead atoms. The number of nitrogens with zero attached hydrogens (tertiary/aromatic N) is 1. The smallest absolute Gasteiger partial charge is 0.373 e. The number of anilines is 2. The number of hydrogen-bond donors (Lipinski definition) is 2. The molecule has 31 heavy (non-hydrogen) atoms. The first-order chi connectivity index (χ1) is 14.7. The van der Waals surface area contributed by atoms with Gasteiger partial charge in [-0.15, -0.1) is 0 Å². The van der Waals surface area contributed by atoms with Gasteiger partial charge in [0.2, 0.25) is 0 Å². The lowest BCUT2D eigenvalue weighted by atomic mass is 10.1. The monoisotopic (exact) mass is 429 g/mol. The summed E-state index contributed by atoms with van der Waals surface area (Å²) in [6.45, 7) is 1.83. The number of carbonyl (C=O) groups is 1. The van der Waals surface area contributed by atoms with E-state index < -0.39 is 28.3 Å². The number of nitro benzene ring substituents is 1. The molecule has 1 amide bonds. The number of rotatable bonds is 6. The highest BCUT2D eigenvalue weighted by atomic mass is 19.4. The van der Waals surface area contributed by atoms with Crippen molar-refractivity contribution in [1.29, 1.82) is 0 Å². The van der Waals surface area contributed by atoms with Crippen LogP contribution in [-0.2, 0) is 6.18 Å². The molecule has 3 aromatic carbocycles. The fourth-order valence-corrected chi connectivity index (χ4v) is 3.04. The van der Waals surface area contributed by atoms with Crippen LogP contribution >= 0.6 is 0 Å². The summed E-state index contributed by atoms with van der Waals surface area (Å²) in [4.78, 5) is 23.4. The minimum Gasteiger partial charge on any atom is -0.373 e. The number of para-hydroxylation sites is 1. The first-order valence-corrected chi connectivity index (χ1v) is 9.24. The molecule has 0 spiro atoms. The maximum Gasteiger partial charge on any atom is 0.418 e. The Kier molecular flexibility index (Phi) is 6.24. The normalized spacial score (nSPS) is 12.1. The van der Waals surface area contributed by atoms with Crippen molar-refractivity contribution in [3.63, 3.8) is 0 Å². The quantitative estimate of drug-likeness (QED) is 0.370. The highest BCUT2D eigenvalue weighted by Gasteiger charge is 2.33. The van der Waals surface area contributed by atoms with Gasteiger partial charge in [-0.1, -0.05) is 42.5 Å². The summed E-state index contributed by atoms with van der Waals surface area (Å²) in [7, 11) is 0. The van der Waals surface area contributed by atoms with E-state index in [-0.39, 0.29) is 23.0 Å². The Morgan fingerprint density at radius 3 is 2.26 bits per heavy atom. The van der Waals surface area contributed by atoms with E-state index in [2.05, 4.69) is 10.6 Å². The fourth-order valence-electron chi connectivity index (χ4n) is 3.04. The summed E-state index contributed by atoms with van der Waals surface area (Å²) in [6, 6.07) is 17.2. The van der Waals surface area contributed by atoms with Crippen molar-refractivity contribution in [1.82, 2.24) is 0 Å². The molecule has 1 unspecified atom stereocenters. The van der Waals surface area contributed by atoms with E-state index in [4.69, 9.17) is 0 Å². The van der Waals surface area contributed by atoms with E-state index in [0.29, 0.717) is 0 Å². The number of nitrogens with one attached hydrogen (secondary N) is 2. The maximum atomic E-state index is 13.1. The van der Waals surface area contributed by atoms with Crippen LogP contribution < -0.4 is 10.6 Å². The van der Waals surface area contributed by atoms with Gasteiger partial charge in [0, 0.05) is 17.7 Å². The SMILES string of the molecule is CC(Nc1ccc(C(=O)Nc2ccccc2C(F)(F)F)cc1[N+](=O)[O-])c1ccccc1. The van der Waals surface area contributed by atoms with Gasteiger partial charge in [-0.3, -0.25) is 14.9 Å². The van der Waals surface area contributed by atoms with Gasteiger partial charge >= 0.3 is 6.18 Å². The summed E-state index contributed by atoms with van der Waals surface area (Å²) in [6.07, 6.45) is -4.66. The molecule has 1 atom stereocenters. The number of nitro groups is 1. The standard InChI is InChI=1S/C22H18F3N3O3/c1-14(15-7-3-2-4-8-15)26-19-12-11-16(13-20(19)28(30)31)21(29)27-18-10-6-5-9-17(18)22(23,24)25/h2-14,26H,1H3,(H,27,29). The van der Waals surface area contributed by atoms with E-state index in [1.54, 1.807) is 0 Å². The second kappa shape index (κ2) is 8.86. The third-order valence-electron chi connectivity index (χ3n) is 4.61. The Bertz CT molecular complexity index is 1100. The van der Waals surface area contributed by atoms with Crippen molar-refractivity contribution >= 4 is 23.0 Å². The number of benzene rings is 3. The van der Waals surface area contributed by atoms with E-state index in [1.807, 2.05) is 37.3 Å². The first kappa shape index (κ1) is 21.8. The third kappa shape index (κ3) is 5.19. The van der Waals surface area contributed by atoms with Gasteiger partial charge in [0.1, 0.15) is 5.69 Å². The van der Waals surface area contributed by atoms with Crippen LogP contribution in [0.15, 0.2) is 72.8 Å². The minimum absolute atomic E-state index is 0.137. The zero-order chi connectivity index (χ0) is 22.6. The molecule has 160 valence electrons. The van der Waals surface area contributed by atoms with Gasteiger partial charge in [0.25, 0.3) is 11.6 Å². The third-order valence-corrected chi connectivity index (χ3v) is 4.61.